The first kappa shape index (κ1) is 13.2. The van der Waals surface area contributed by atoms with Crippen LogP contribution in [0.1, 0.15) is 49.2 Å². The van der Waals surface area contributed by atoms with E-state index in [4.69, 9.17) is 0 Å². The predicted molar refractivity (Wildman–Crippen MR) is 77.4 cm³/mol. The number of tetrazole rings is 1. The second-order valence-electron chi connectivity index (χ2n) is 5.49. The summed E-state index contributed by atoms with van der Waals surface area (Å²) in [5.74, 6) is 1.48. The van der Waals surface area contributed by atoms with Crippen molar-refractivity contribution < 1.29 is 0 Å². The number of aromatic nitrogens is 4. The average Bonchev–Trinajstić information content (AvgIpc) is 2.90. The van der Waals surface area contributed by atoms with Gasteiger partial charge in [-0.2, -0.15) is 0 Å². The molecule has 0 saturated heterocycles. The standard InChI is InChI=1S/C15H21N5/c1-3-8-16-11(2)15-17-18-19-20(15)10-13-9-12-6-4-5-7-14(12)13/h4-7,11,13,16H,3,8-10H2,1-2H3. The molecule has 0 spiro atoms. The molecule has 1 heterocycles. The highest BCUT2D eigenvalue weighted by atomic mass is 15.5. The van der Waals surface area contributed by atoms with Crippen LogP contribution in [0.15, 0.2) is 24.3 Å². The van der Waals surface area contributed by atoms with Crippen LogP contribution >= 0.6 is 0 Å². The van der Waals surface area contributed by atoms with Crippen LogP contribution in [0.3, 0.4) is 0 Å². The molecule has 3 rings (SSSR count). The van der Waals surface area contributed by atoms with E-state index in [0.717, 1.165) is 31.8 Å². The third-order valence-corrected chi connectivity index (χ3v) is 4.00. The monoisotopic (exact) mass is 271 g/mol. The second kappa shape index (κ2) is 5.71. The van der Waals surface area contributed by atoms with Crippen molar-refractivity contribution in [2.24, 2.45) is 0 Å². The van der Waals surface area contributed by atoms with Crippen molar-refractivity contribution >= 4 is 0 Å². The van der Waals surface area contributed by atoms with Gasteiger partial charge in [0.25, 0.3) is 0 Å². The molecule has 0 bridgehead atoms. The maximum Gasteiger partial charge on any atom is 0.167 e. The quantitative estimate of drug-likeness (QED) is 0.874. The number of nitrogens with one attached hydrogen (secondary N) is 1. The smallest absolute Gasteiger partial charge is 0.167 e. The van der Waals surface area contributed by atoms with E-state index in [9.17, 15) is 0 Å². The van der Waals surface area contributed by atoms with E-state index >= 15 is 0 Å². The Morgan fingerprint density at radius 1 is 1.40 bits per heavy atom. The number of benzene rings is 1. The van der Waals surface area contributed by atoms with Crippen LogP contribution in [-0.4, -0.2) is 26.8 Å². The number of hydrogen-bond donors (Lipinski definition) is 1. The highest BCUT2D eigenvalue weighted by molar-refractivity contribution is 5.39. The average molecular weight is 271 g/mol. The summed E-state index contributed by atoms with van der Waals surface area (Å²) < 4.78 is 1.95. The lowest BCUT2D eigenvalue weighted by molar-refractivity contribution is 0.428. The highest BCUT2D eigenvalue weighted by Gasteiger charge is 2.27. The molecule has 5 heteroatoms. The Bertz CT molecular complexity index is 577. The van der Waals surface area contributed by atoms with Crippen molar-refractivity contribution in [2.75, 3.05) is 6.54 Å². The Morgan fingerprint density at radius 2 is 2.25 bits per heavy atom. The Balaban J connectivity index is 1.69. The molecule has 106 valence electrons. The zero-order chi connectivity index (χ0) is 13.9. The Morgan fingerprint density at radius 3 is 3.05 bits per heavy atom. The van der Waals surface area contributed by atoms with Gasteiger partial charge in [-0.1, -0.05) is 31.2 Å². The minimum absolute atomic E-state index is 0.195. The summed E-state index contributed by atoms with van der Waals surface area (Å²) >= 11 is 0. The number of nitrogens with zero attached hydrogens (tertiary/aromatic N) is 4. The Kier molecular flexibility index (Phi) is 3.78. The molecule has 2 aromatic rings. The van der Waals surface area contributed by atoms with Gasteiger partial charge >= 0.3 is 0 Å². The van der Waals surface area contributed by atoms with Crippen LogP contribution in [0, 0.1) is 0 Å². The lowest BCUT2D eigenvalue weighted by atomic mass is 9.77. The van der Waals surface area contributed by atoms with E-state index < -0.39 is 0 Å². The second-order valence-corrected chi connectivity index (χ2v) is 5.49. The summed E-state index contributed by atoms with van der Waals surface area (Å²) in [6.45, 7) is 6.14. The molecule has 0 aliphatic heterocycles. The van der Waals surface area contributed by atoms with Crippen molar-refractivity contribution in [2.45, 2.75) is 45.2 Å². The fourth-order valence-corrected chi connectivity index (χ4v) is 2.84. The molecule has 20 heavy (non-hydrogen) atoms. The summed E-state index contributed by atoms with van der Waals surface area (Å²) in [6, 6.07) is 8.83. The topological polar surface area (TPSA) is 55.6 Å². The molecule has 1 aliphatic carbocycles. The van der Waals surface area contributed by atoms with Gasteiger partial charge in [0, 0.05) is 5.92 Å². The van der Waals surface area contributed by atoms with Gasteiger partial charge in [0.15, 0.2) is 5.82 Å². The van der Waals surface area contributed by atoms with E-state index in [1.165, 1.54) is 11.1 Å². The Labute approximate surface area is 119 Å². The first-order valence-corrected chi connectivity index (χ1v) is 7.36. The fourth-order valence-electron chi connectivity index (χ4n) is 2.84. The van der Waals surface area contributed by atoms with E-state index in [-0.39, 0.29) is 6.04 Å². The molecule has 1 aliphatic rings. The Hall–Kier alpha value is -1.75. The SMILES string of the molecule is CCCNC(C)c1nnnn1CC1Cc2ccccc21. The summed E-state index contributed by atoms with van der Waals surface area (Å²) in [6.07, 6.45) is 2.24. The van der Waals surface area contributed by atoms with Crippen molar-refractivity contribution in [1.82, 2.24) is 25.5 Å². The molecular formula is C15H21N5. The van der Waals surface area contributed by atoms with E-state index in [2.05, 4.69) is 59.0 Å². The van der Waals surface area contributed by atoms with Gasteiger partial charge in [0.2, 0.25) is 0 Å². The van der Waals surface area contributed by atoms with Crippen molar-refractivity contribution in [1.29, 1.82) is 0 Å². The van der Waals surface area contributed by atoms with Crippen molar-refractivity contribution in [3.8, 4) is 0 Å². The van der Waals surface area contributed by atoms with Gasteiger partial charge in [0.05, 0.1) is 12.6 Å². The highest BCUT2D eigenvalue weighted by Crippen LogP contribution is 2.36. The minimum Gasteiger partial charge on any atom is -0.307 e. The molecule has 0 fully saturated rings. The molecule has 2 unspecified atom stereocenters. The van der Waals surface area contributed by atoms with Gasteiger partial charge in [-0.25, -0.2) is 4.68 Å². The lowest BCUT2D eigenvalue weighted by Gasteiger charge is -2.30. The molecule has 0 amide bonds. The predicted octanol–water partition coefficient (Wildman–Crippen LogP) is 2.07. The van der Waals surface area contributed by atoms with Crippen molar-refractivity contribution in [3.05, 3.63) is 41.2 Å². The van der Waals surface area contributed by atoms with Gasteiger partial charge in [-0.3, -0.25) is 0 Å². The first-order valence-electron chi connectivity index (χ1n) is 7.36. The third-order valence-electron chi connectivity index (χ3n) is 4.00. The van der Waals surface area contributed by atoms with Crippen LogP contribution in [0.4, 0.5) is 0 Å². The maximum atomic E-state index is 4.18. The third kappa shape index (κ3) is 2.45. The van der Waals surface area contributed by atoms with Crippen molar-refractivity contribution in [3.63, 3.8) is 0 Å². The molecule has 5 nitrogen and oxygen atoms in total. The molecule has 1 aromatic carbocycles. The normalized spacial score (nSPS) is 18.4. The largest absolute Gasteiger partial charge is 0.307 e. The molecule has 0 radical (unpaired) electrons. The number of hydrogen-bond acceptors (Lipinski definition) is 4. The van der Waals surface area contributed by atoms with Crippen LogP contribution < -0.4 is 5.32 Å². The summed E-state index contributed by atoms with van der Waals surface area (Å²) in [5, 5.41) is 15.6. The summed E-state index contributed by atoms with van der Waals surface area (Å²) in [7, 11) is 0. The van der Waals surface area contributed by atoms with Crippen LogP contribution in [0.5, 0.6) is 0 Å². The molecule has 1 N–H and O–H groups in total. The van der Waals surface area contributed by atoms with E-state index in [1.54, 1.807) is 0 Å². The molecule has 0 saturated carbocycles. The summed E-state index contributed by atoms with van der Waals surface area (Å²) in [4.78, 5) is 0. The van der Waals surface area contributed by atoms with Gasteiger partial charge in [-0.15, -0.1) is 5.10 Å². The maximum absolute atomic E-state index is 4.18. The van der Waals surface area contributed by atoms with Gasteiger partial charge < -0.3 is 5.32 Å². The van der Waals surface area contributed by atoms with Crippen LogP contribution in [0.25, 0.3) is 0 Å². The fraction of sp³-hybridized carbons (Fsp3) is 0.533. The van der Waals surface area contributed by atoms with E-state index in [1.807, 2.05) is 4.68 Å². The zero-order valence-corrected chi connectivity index (χ0v) is 12.1. The number of rotatable bonds is 6. The van der Waals surface area contributed by atoms with E-state index in [0.29, 0.717) is 5.92 Å². The zero-order valence-electron chi connectivity index (χ0n) is 12.1. The van der Waals surface area contributed by atoms with Crippen LogP contribution in [-0.2, 0) is 13.0 Å². The first-order chi connectivity index (χ1) is 9.79. The molecule has 2 atom stereocenters. The molecule has 1 aromatic heterocycles. The van der Waals surface area contributed by atoms with Gasteiger partial charge in [-0.05, 0) is 47.9 Å². The molecular weight excluding hydrogens is 250 g/mol. The lowest BCUT2D eigenvalue weighted by Crippen LogP contribution is -2.27. The van der Waals surface area contributed by atoms with Gasteiger partial charge in [0.1, 0.15) is 0 Å². The summed E-state index contributed by atoms with van der Waals surface area (Å²) in [5.41, 5.74) is 2.91. The number of fused-ring (bicyclic) bond motifs is 1. The minimum atomic E-state index is 0.195. The van der Waals surface area contributed by atoms with Crippen LogP contribution in [0.2, 0.25) is 0 Å².